The number of urea groups is 1. The predicted octanol–water partition coefficient (Wildman–Crippen LogP) is 2.97. The van der Waals surface area contributed by atoms with Crippen LogP contribution in [0.5, 0.6) is 5.75 Å². The standard InChI is InChI=1S/C20H21N3O3/c1-20(13-12-15-6-4-3-5-7-15)18(24)23(19(25)22-20)21-14-16-8-10-17(26-2)11-9-16/h3-11,14H,12-13H2,1-2H3,(H,22,25)/b21-14-/t20-/m0/s1. The first-order chi connectivity index (χ1) is 12.5. The molecular formula is C20H21N3O3. The highest BCUT2D eigenvalue weighted by Crippen LogP contribution is 2.23. The molecule has 2 aromatic carbocycles. The first-order valence-corrected chi connectivity index (χ1v) is 8.40. The summed E-state index contributed by atoms with van der Waals surface area (Å²) in [5.74, 6) is 0.383. The maximum atomic E-state index is 12.7. The van der Waals surface area contributed by atoms with Gasteiger partial charge in [-0.05, 0) is 55.2 Å². The van der Waals surface area contributed by atoms with E-state index in [1.807, 2.05) is 30.3 Å². The van der Waals surface area contributed by atoms with Gasteiger partial charge in [0.1, 0.15) is 11.3 Å². The van der Waals surface area contributed by atoms with E-state index in [1.54, 1.807) is 38.3 Å². The maximum Gasteiger partial charge on any atom is 0.346 e. The number of hydrazone groups is 1. The van der Waals surface area contributed by atoms with Crippen LogP contribution in [0.3, 0.4) is 0 Å². The van der Waals surface area contributed by atoms with Gasteiger partial charge >= 0.3 is 6.03 Å². The van der Waals surface area contributed by atoms with Crippen LogP contribution in [0.4, 0.5) is 4.79 Å². The van der Waals surface area contributed by atoms with E-state index in [2.05, 4.69) is 10.4 Å². The van der Waals surface area contributed by atoms with Crippen molar-refractivity contribution in [2.75, 3.05) is 7.11 Å². The fraction of sp³-hybridized carbons (Fsp3) is 0.250. The first kappa shape index (κ1) is 17.7. The minimum absolute atomic E-state index is 0.344. The number of amides is 3. The molecule has 1 saturated heterocycles. The molecule has 0 spiro atoms. The van der Waals surface area contributed by atoms with Crippen molar-refractivity contribution in [3.8, 4) is 5.75 Å². The minimum Gasteiger partial charge on any atom is -0.497 e. The fourth-order valence-corrected chi connectivity index (χ4v) is 2.80. The molecular weight excluding hydrogens is 330 g/mol. The molecule has 0 radical (unpaired) electrons. The number of benzene rings is 2. The van der Waals surface area contributed by atoms with Crippen LogP contribution in [0.1, 0.15) is 24.5 Å². The van der Waals surface area contributed by atoms with Gasteiger partial charge in [0.05, 0.1) is 13.3 Å². The number of hydrogen-bond acceptors (Lipinski definition) is 4. The summed E-state index contributed by atoms with van der Waals surface area (Å²) in [6.07, 6.45) is 2.69. The summed E-state index contributed by atoms with van der Waals surface area (Å²) in [4.78, 5) is 24.9. The number of hydrogen-bond donors (Lipinski definition) is 1. The topological polar surface area (TPSA) is 71.0 Å². The molecule has 6 nitrogen and oxygen atoms in total. The Balaban J connectivity index is 1.68. The van der Waals surface area contributed by atoms with Crippen LogP contribution in [-0.4, -0.2) is 35.8 Å². The van der Waals surface area contributed by atoms with E-state index in [9.17, 15) is 9.59 Å². The van der Waals surface area contributed by atoms with Crippen molar-refractivity contribution in [2.24, 2.45) is 5.10 Å². The summed E-state index contributed by atoms with van der Waals surface area (Å²) in [5, 5.41) is 7.72. The van der Waals surface area contributed by atoms with E-state index in [4.69, 9.17) is 4.74 Å². The zero-order valence-corrected chi connectivity index (χ0v) is 14.8. The first-order valence-electron chi connectivity index (χ1n) is 8.40. The Morgan fingerprint density at radius 3 is 2.46 bits per heavy atom. The predicted molar refractivity (Wildman–Crippen MR) is 99.1 cm³/mol. The van der Waals surface area contributed by atoms with Crippen LogP contribution >= 0.6 is 0 Å². The number of ether oxygens (including phenoxy) is 1. The molecule has 1 fully saturated rings. The average molecular weight is 351 g/mol. The lowest BCUT2D eigenvalue weighted by Crippen LogP contribution is -2.44. The van der Waals surface area contributed by atoms with E-state index >= 15 is 0 Å². The molecule has 1 aliphatic rings. The summed E-state index contributed by atoms with van der Waals surface area (Å²) >= 11 is 0. The van der Waals surface area contributed by atoms with Gasteiger partial charge in [-0.15, -0.1) is 5.01 Å². The van der Waals surface area contributed by atoms with Gasteiger partial charge in [0.25, 0.3) is 5.91 Å². The Hall–Kier alpha value is -3.15. The number of methoxy groups -OCH3 is 1. The summed E-state index contributed by atoms with van der Waals surface area (Å²) in [7, 11) is 1.59. The highest BCUT2D eigenvalue weighted by atomic mass is 16.5. The third kappa shape index (κ3) is 3.74. The zero-order chi connectivity index (χ0) is 18.6. The Kier molecular flexibility index (Phi) is 5.02. The van der Waals surface area contributed by atoms with Crippen LogP contribution in [0.2, 0.25) is 0 Å². The van der Waals surface area contributed by atoms with Gasteiger partial charge < -0.3 is 10.1 Å². The fourth-order valence-electron chi connectivity index (χ4n) is 2.80. The van der Waals surface area contributed by atoms with Gasteiger partial charge in [0.15, 0.2) is 0 Å². The van der Waals surface area contributed by atoms with Crippen LogP contribution in [0.25, 0.3) is 0 Å². The molecule has 134 valence electrons. The molecule has 0 bridgehead atoms. The van der Waals surface area contributed by atoms with Gasteiger partial charge in [0.2, 0.25) is 0 Å². The number of nitrogens with one attached hydrogen (secondary N) is 1. The zero-order valence-electron chi connectivity index (χ0n) is 14.8. The molecule has 26 heavy (non-hydrogen) atoms. The van der Waals surface area contributed by atoms with E-state index in [0.717, 1.165) is 21.9 Å². The van der Waals surface area contributed by atoms with Crippen molar-refractivity contribution >= 4 is 18.2 Å². The lowest BCUT2D eigenvalue weighted by Gasteiger charge is -2.20. The SMILES string of the molecule is COc1ccc(/C=N\N2C(=O)N[C@@](C)(CCc3ccccc3)C2=O)cc1. The molecule has 1 N–H and O–H groups in total. The molecule has 3 amide bonds. The quantitative estimate of drug-likeness (QED) is 0.642. The van der Waals surface area contributed by atoms with E-state index in [1.165, 1.54) is 6.21 Å². The van der Waals surface area contributed by atoms with Gasteiger partial charge in [-0.3, -0.25) is 4.79 Å². The van der Waals surface area contributed by atoms with Crippen molar-refractivity contribution in [1.82, 2.24) is 10.3 Å². The minimum atomic E-state index is -0.954. The molecule has 2 aromatic rings. The molecule has 0 saturated carbocycles. The Morgan fingerprint density at radius 2 is 1.81 bits per heavy atom. The number of aryl methyl sites for hydroxylation is 1. The van der Waals surface area contributed by atoms with Crippen LogP contribution in [0.15, 0.2) is 59.7 Å². The van der Waals surface area contributed by atoms with Crippen molar-refractivity contribution in [3.63, 3.8) is 0 Å². The molecule has 1 aliphatic heterocycles. The van der Waals surface area contributed by atoms with Crippen LogP contribution in [-0.2, 0) is 11.2 Å². The van der Waals surface area contributed by atoms with Crippen molar-refractivity contribution < 1.29 is 14.3 Å². The number of rotatable bonds is 6. The largest absolute Gasteiger partial charge is 0.497 e. The van der Waals surface area contributed by atoms with E-state index in [0.29, 0.717) is 12.8 Å². The third-order valence-corrected chi connectivity index (χ3v) is 4.43. The van der Waals surface area contributed by atoms with Gasteiger partial charge in [0, 0.05) is 0 Å². The Labute approximate surface area is 152 Å². The molecule has 1 heterocycles. The van der Waals surface area contributed by atoms with Gasteiger partial charge in [-0.2, -0.15) is 5.10 Å². The normalized spacial score (nSPS) is 19.8. The molecule has 1 atom stereocenters. The molecule has 6 heteroatoms. The lowest BCUT2D eigenvalue weighted by atomic mass is 9.93. The van der Waals surface area contributed by atoms with E-state index < -0.39 is 11.6 Å². The smallest absolute Gasteiger partial charge is 0.346 e. The monoisotopic (exact) mass is 351 g/mol. The highest BCUT2D eigenvalue weighted by molar-refractivity contribution is 6.07. The van der Waals surface area contributed by atoms with Crippen LogP contribution < -0.4 is 10.1 Å². The summed E-state index contributed by atoms with van der Waals surface area (Å²) < 4.78 is 5.10. The summed E-state index contributed by atoms with van der Waals surface area (Å²) in [6.45, 7) is 1.74. The molecule has 0 aromatic heterocycles. The number of carbonyl (C=O) groups is 2. The second kappa shape index (κ2) is 7.39. The van der Waals surface area contributed by atoms with Crippen molar-refractivity contribution in [2.45, 2.75) is 25.3 Å². The molecule has 0 unspecified atom stereocenters. The van der Waals surface area contributed by atoms with E-state index in [-0.39, 0.29) is 5.91 Å². The Morgan fingerprint density at radius 1 is 1.12 bits per heavy atom. The van der Waals surface area contributed by atoms with Gasteiger partial charge in [-0.1, -0.05) is 30.3 Å². The van der Waals surface area contributed by atoms with Gasteiger partial charge in [-0.25, -0.2) is 4.79 Å². The lowest BCUT2D eigenvalue weighted by molar-refractivity contribution is -0.130. The number of imide groups is 1. The van der Waals surface area contributed by atoms with Crippen molar-refractivity contribution in [3.05, 3.63) is 65.7 Å². The highest BCUT2D eigenvalue weighted by Gasteiger charge is 2.47. The second-order valence-electron chi connectivity index (χ2n) is 6.38. The maximum absolute atomic E-state index is 12.7. The third-order valence-electron chi connectivity index (χ3n) is 4.43. The number of carbonyl (C=O) groups excluding carboxylic acids is 2. The average Bonchev–Trinajstić information content (AvgIpc) is 2.88. The second-order valence-corrected chi connectivity index (χ2v) is 6.38. The van der Waals surface area contributed by atoms with Crippen molar-refractivity contribution in [1.29, 1.82) is 0 Å². The Bertz CT molecular complexity index is 818. The molecule has 3 rings (SSSR count). The van der Waals surface area contributed by atoms with Crippen LogP contribution in [0, 0.1) is 0 Å². The summed E-state index contributed by atoms with van der Waals surface area (Å²) in [5.41, 5.74) is 0.935. The molecule has 0 aliphatic carbocycles. The summed E-state index contributed by atoms with van der Waals surface area (Å²) in [6, 6.07) is 16.5. The number of nitrogens with zero attached hydrogens (tertiary/aromatic N) is 2.